The molecule has 0 heterocycles. The van der Waals surface area contributed by atoms with Crippen LogP contribution in [0.1, 0.15) is 34.5 Å². The molecule has 0 aromatic heterocycles. The summed E-state index contributed by atoms with van der Waals surface area (Å²) in [5, 5.41) is 2.99. The summed E-state index contributed by atoms with van der Waals surface area (Å²) < 4.78 is 0.991. The molecule has 1 amide bonds. The molecule has 4 heteroatoms. The van der Waals surface area contributed by atoms with Gasteiger partial charge in [0, 0.05) is 15.9 Å². The molecular formula is C16H15BrClNO. The first-order chi connectivity index (χ1) is 9.61. The van der Waals surface area contributed by atoms with E-state index in [1.54, 1.807) is 12.1 Å². The molecule has 0 radical (unpaired) electrons. The maximum atomic E-state index is 12.2. The van der Waals surface area contributed by atoms with Crippen LogP contribution in [0.5, 0.6) is 0 Å². The van der Waals surface area contributed by atoms with Crippen molar-refractivity contribution in [2.45, 2.75) is 18.8 Å². The van der Waals surface area contributed by atoms with Gasteiger partial charge in [0.2, 0.25) is 0 Å². The van der Waals surface area contributed by atoms with Gasteiger partial charge < -0.3 is 5.32 Å². The smallest absolute Gasteiger partial charge is 0.251 e. The molecule has 2 aromatic carbocycles. The maximum absolute atomic E-state index is 12.2. The monoisotopic (exact) mass is 351 g/mol. The van der Waals surface area contributed by atoms with Crippen molar-refractivity contribution in [2.24, 2.45) is 0 Å². The molecule has 0 saturated heterocycles. The lowest BCUT2D eigenvalue weighted by molar-refractivity contribution is 0.0940. The second kappa shape index (κ2) is 6.91. The van der Waals surface area contributed by atoms with Gasteiger partial charge in [-0.2, -0.15) is 0 Å². The Hall–Kier alpha value is -1.32. The van der Waals surface area contributed by atoms with Crippen LogP contribution in [0.4, 0.5) is 0 Å². The summed E-state index contributed by atoms with van der Waals surface area (Å²) in [4.78, 5) is 12.2. The quantitative estimate of drug-likeness (QED) is 0.795. The molecule has 0 spiro atoms. The van der Waals surface area contributed by atoms with E-state index in [0.29, 0.717) is 11.4 Å². The first kappa shape index (κ1) is 15.1. The summed E-state index contributed by atoms with van der Waals surface area (Å²) in [6, 6.07) is 15.1. The Labute approximate surface area is 132 Å². The highest BCUT2D eigenvalue weighted by molar-refractivity contribution is 9.10. The highest BCUT2D eigenvalue weighted by Crippen LogP contribution is 2.23. The van der Waals surface area contributed by atoms with Crippen molar-refractivity contribution in [3.8, 4) is 0 Å². The lowest BCUT2D eigenvalue weighted by Gasteiger charge is -2.16. The molecule has 20 heavy (non-hydrogen) atoms. The van der Waals surface area contributed by atoms with Crippen LogP contribution in [-0.2, 0) is 5.88 Å². The third kappa shape index (κ3) is 3.62. The van der Waals surface area contributed by atoms with E-state index in [-0.39, 0.29) is 11.9 Å². The fraction of sp³-hybridized carbons (Fsp3) is 0.188. The zero-order chi connectivity index (χ0) is 14.5. The van der Waals surface area contributed by atoms with Crippen molar-refractivity contribution in [3.05, 3.63) is 69.7 Å². The summed E-state index contributed by atoms with van der Waals surface area (Å²) >= 11 is 9.23. The SMILES string of the molecule is C[C@H](NC(=O)c1ccc(CCl)cc1)c1ccccc1Br. The lowest BCUT2D eigenvalue weighted by atomic mass is 10.1. The van der Waals surface area contributed by atoms with Gasteiger partial charge in [-0.1, -0.05) is 46.3 Å². The lowest BCUT2D eigenvalue weighted by Crippen LogP contribution is -2.26. The third-order valence-corrected chi connectivity index (χ3v) is 4.12. The number of carbonyl (C=O) groups is 1. The van der Waals surface area contributed by atoms with Gasteiger partial charge in [-0.3, -0.25) is 4.79 Å². The van der Waals surface area contributed by atoms with E-state index in [2.05, 4.69) is 21.2 Å². The zero-order valence-corrected chi connectivity index (χ0v) is 13.4. The molecule has 1 atom stereocenters. The first-order valence-electron chi connectivity index (χ1n) is 6.32. The fourth-order valence-corrected chi connectivity index (χ4v) is 2.74. The number of nitrogens with one attached hydrogen (secondary N) is 1. The molecule has 0 aliphatic carbocycles. The van der Waals surface area contributed by atoms with Gasteiger partial charge in [0.05, 0.1) is 6.04 Å². The van der Waals surface area contributed by atoms with E-state index in [1.165, 1.54) is 0 Å². The second-order valence-electron chi connectivity index (χ2n) is 4.55. The van der Waals surface area contributed by atoms with Gasteiger partial charge in [0.1, 0.15) is 0 Å². The number of amides is 1. The van der Waals surface area contributed by atoms with Crippen LogP contribution in [0.15, 0.2) is 53.0 Å². The number of halogens is 2. The summed E-state index contributed by atoms with van der Waals surface area (Å²) in [5.41, 5.74) is 2.69. The maximum Gasteiger partial charge on any atom is 0.251 e. The van der Waals surface area contributed by atoms with E-state index >= 15 is 0 Å². The van der Waals surface area contributed by atoms with E-state index in [0.717, 1.165) is 15.6 Å². The largest absolute Gasteiger partial charge is 0.345 e. The highest BCUT2D eigenvalue weighted by Gasteiger charge is 2.13. The average molecular weight is 353 g/mol. The van der Waals surface area contributed by atoms with E-state index in [1.807, 2.05) is 43.3 Å². The number of alkyl halides is 1. The molecular weight excluding hydrogens is 338 g/mol. The zero-order valence-electron chi connectivity index (χ0n) is 11.1. The van der Waals surface area contributed by atoms with E-state index < -0.39 is 0 Å². The molecule has 0 bridgehead atoms. The molecule has 104 valence electrons. The van der Waals surface area contributed by atoms with Gasteiger partial charge >= 0.3 is 0 Å². The first-order valence-corrected chi connectivity index (χ1v) is 7.64. The second-order valence-corrected chi connectivity index (χ2v) is 5.67. The van der Waals surface area contributed by atoms with Crippen LogP contribution in [0.2, 0.25) is 0 Å². The molecule has 2 nitrogen and oxygen atoms in total. The number of carbonyl (C=O) groups excluding carboxylic acids is 1. The van der Waals surface area contributed by atoms with Crippen LogP contribution in [0.25, 0.3) is 0 Å². The summed E-state index contributed by atoms with van der Waals surface area (Å²) in [5.74, 6) is 0.365. The normalized spacial score (nSPS) is 11.9. The number of hydrogen-bond acceptors (Lipinski definition) is 1. The van der Waals surface area contributed by atoms with Crippen molar-refractivity contribution < 1.29 is 4.79 Å². The van der Waals surface area contributed by atoms with Gasteiger partial charge in [0.15, 0.2) is 0 Å². The Morgan fingerprint density at radius 1 is 1.20 bits per heavy atom. The topological polar surface area (TPSA) is 29.1 Å². The van der Waals surface area contributed by atoms with Gasteiger partial charge in [-0.05, 0) is 36.2 Å². The third-order valence-electron chi connectivity index (χ3n) is 3.09. The van der Waals surface area contributed by atoms with Crippen LogP contribution in [0, 0.1) is 0 Å². The summed E-state index contributed by atoms with van der Waals surface area (Å²) in [6.07, 6.45) is 0. The van der Waals surface area contributed by atoms with E-state index in [9.17, 15) is 4.79 Å². The predicted molar refractivity (Wildman–Crippen MR) is 86.0 cm³/mol. The molecule has 2 aromatic rings. The Kier molecular flexibility index (Phi) is 5.21. The molecule has 0 aliphatic heterocycles. The Morgan fingerprint density at radius 2 is 1.85 bits per heavy atom. The minimum absolute atomic E-state index is 0.0641. The summed E-state index contributed by atoms with van der Waals surface area (Å²) in [6.45, 7) is 1.96. The molecule has 1 N–H and O–H groups in total. The average Bonchev–Trinajstić information content (AvgIpc) is 2.47. The molecule has 0 saturated carbocycles. The van der Waals surface area contributed by atoms with Gasteiger partial charge in [0.25, 0.3) is 5.91 Å². The molecule has 0 fully saturated rings. The summed E-state index contributed by atoms with van der Waals surface area (Å²) in [7, 11) is 0. The highest BCUT2D eigenvalue weighted by atomic mass is 79.9. The Balaban J connectivity index is 2.09. The van der Waals surface area contributed by atoms with Crippen molar-refractivity contribution >= 4 is 33.4 Å². The van der Waals surface area contributed by atoms with Gasteiger partial charge in [-0.25, -0.2) is 0 Å². The minimum Gasteiger partial charge on any atom is -0.345 e. The fourth-order valence-electron chi connectivity index (χ4n) is 1.93. The Morgan fingerprint density at radius 3 is 2.45 bits per heavy atom. The number of hydrogen-bond donors (Lipinski definition) is 1. The van der Waals surface area contributed by atoms with Crippen LogP contribution >= 0.6 is 27.5 Å². The van der Waals surface area contributed by atoms with Crippen molar-refractivity contribution in [1.82, 2.24) is 5.32 Å². The minimum atomic E-state index is -0.0885. The number of rotatable bonds is 4. The van der Waals surface area contributed by atoms with Crippen molar-refractivity contribution in [1.29, 1.82) is 0 Å². The molecule has 2 rings (SSSR count). The Bertz CT molecular complexity index is 598. The predicted octanol–water partition coefficient (Wildman–Crippen LogP) is 4.68. The van der Waals surface area contributed by atoms with Crippen LogP contribution in [0.3, 0.4) is 0 Å². The molecule has 0 aliphatic rings. The standard InChI is InChI=1S/C16H15BrClNO/c1-11(14-4-2-3-5-15(14)17)19-16(20)13-8-6-12(10-18)7-9-13/h2-9,11H,10H2,1H3,(H,19,20)/t11-/m0/s1. The van der Waals surface area contributed by atoms with Crippen LogP contribution < -0.4 is 5.32 Å². The number of benzene rings is 2. The van der Waals surface area contributed by atoms with Crippen molar-refractivity contribution in [3.63, 3.8) is 0 Å². The van der Waals surface area contributed by atoms with E-state index in [4.69, 9.17) is 11.6 Å². The van der Waals surface area contributed by atoms with Crippen LogP contribution in [-0.4, -0.2) is 5.91 Å². The molecule has 0 unspecified atom stereocenters. The van der Waals surface area contributed by atoms with Gasteiger partial charge in [-0.15, -0.1) is 11.6 Å². The van der Waals surface area contributed by atoms with Crippen molar-refractivity contribution in [2.75, 3.05) is 0 Å².